The molecule has 0 amide bonds. The number of benzene rings is 7. The van der Waals surface area contributed by atoms with Gasteiger partial charge in [0.15, 0.2) is 0 Å². The van der Waals surface area contributed by atoms with Crippen molar-refractivity contribution in [1.29, 1.82) is 0 Å². The van der Waals surface area contributed by atoms with E-state index in [-0.39, 0.29) is 27.4 Å². The molecule has 0 fully saturated rings. The second kappa shape index (κ2) is 16.9. The lowest BCUT2D eigenvalue weighted by Crippen LogP contribution is -2.17. The SMILES string of the molecule is Cc1cc(C(C)(C)C)ccc1-c1cc2cc(-c3cccc4c3nc(-c3cc(C(C)(C)C)cc(C(C)(C)C)c3O)n4-c3ccccc3-c3ccccc3)nc(-c3cc(C(C)(C)C)c4ccccc4c3)c2s1. The lowest BCUT2D eigenvalue weighted by atomic mass is 9.79. The number of aromatic nitrogens is 3. The Labute approximate surface area is 418 Å². The van der Waals surface area contributed by atoms with Crippen molar-refractivity contribution in [3.63, 3.8) is 0 Å². The number of rotatable bonds is 6. The van der Waals surface area contributed by atoms with E-state index in [0.29, 0.717) is 11.4 Å². The van der Waals surface area contributed by atoms with Crippen LogP contribution < -0.4 is 0 Å². The third-order valence-corrected chi connectivity index (χ3v) is 15.2. The van der Waals surface area contributed by atoms with Gasteiger partial charge >= 0.3 is 0 Å². The van der Waals surface area contributed by atoms with Gasteiger partial charge in [0.1, 0.15) is 11.6 Å². The highest BCUT2D eigenvalue weighted by molar-refractivity contribution is 7.22. The molecule has 0 unspecified atom stereocenters. The van der Waals surface area contributed by atoms with Crippen LogP contribution in [0.2, 0.25) is 0 Å². The van der Waals surface area contributed by atoms with Gasteiger partial charge < -0.3 is 5.11 Å². The predicted octanol–water partition coefficient (Wildman–Crippen LogP) is 18.3. The van der Waals surface area contributed by atoms with Gasteiger partial charge in [0.05, 0.1) is 38.4 Å². The first kappa shape index (κ1) is 46.9. The van der Waals surface area contributed by atoms with Crippen LogP contribution in [0, 0.1) is 6.92 Å². The van der Waals surface area contributed by atoms with Crippen molar-refractivity contribution in [2.75, 3.05) is 0 Å². The number of hydrogen-bond donors (Lipinski definition) is 1. The summed E-state index contributed by atoms with van der Waals surface area (Å²) in [4.78, 5) is 12.7. The quantitative estimate of drug-likeness (QED) is 0.181. The van der Waals surface area contributed by atoms with Crippen molar-refractivity contribution in [2.24, 2.45) is 0 Å². The highest BCUT2D eigenvalue weighted by atomic mass is 32.1. The molecule has 0 saturated heterocycles. The zero-order chi connectivity index (χ0) is 49.7. The van der Waals surface area contributed by atoms with Gasteiger partial charge in [-0.3, -0.25) is 4.57 Å². The minimum Gasteiger partial charge on any atom is -0.507 e. The Balaban J connectivity index is 1.29. The fourth-order valence-corrected chi connectivity index (χ4v) is 11.3. The number of phenols is 1. The summed E-state index contributed by atoms with van der Waals surface area (Å²) in [7, 11) is 0. The van der Waals surface area contributed by atoms with Crippen LogP contribution in [-0.2, 0) is 21.7 Å². The van der Waals surface area contributed by atoms with E-state index in [2.05, 4.69) is 246 Å². The Hall–Kier alpha value is -6.82. The maximum absolute atomic E-state index is 12.6. The molecule has 352 valence electrons. The van der Waals surface area contributed by atoms with Crippen LogP contribution in [0.1, 0.15) is 111 Å². The van der Waals surface area contributed by atoms with Gasteiger partial charge in [-0.25, -0.2) is 9.97 Å². The van der Waals surface area contributed by atoms with E-state index in [4.69, 9.17) is 9.97 Å². The molecule has 0 aliphatic carbocycles. The van der Waals surface area contributed by atoms with Crippen LogP contribution in [0.3, 0.4) is 0 Å². The lowest BCUT2D eigenvalue weighted by molar-refractivity contribution is 0.446. The molecule has 0 bridgehead atoms. The second-order valence-electron chi connectivity index (χ2n) is 23.4. The average Bonchev–Trinajstić information content (AvgIpc) is 3.92. The summed E-state index contributed by atoms with van der Waals surface area (Å²) < 4.78 is 3.42. The molecule has 0 radical (unpaired) electrons. The van der Waals surface area contributed by atoms with Crippen molar-refractivity contribution in [3.8, 4) is 66.9 Å². The maximum Gasteiger partial charge on any atom is 0.149 e. The molecule has 70 heavy (non-hydrogen) atoms. The summed E-state index contributed by atoms with van der Waals surface area (Å²) in [6.07, 6.45) is 0. The second-order valence-corrected chi connectivity index (χ2v) is 24.5. The third kappa shape index (κ3) is 8.42. The number of para-hydroxylation sites is 2. The fourth-order valence-electron chi connectivity index (χ4n) is 10.1. The van der Waals surface area contributed by atoms with E-state index in [0.717, 1.165) is 71.6 Å². The molecule has 1 N–H and O–H groups in total. The van der Waals surface area contributed by atoms with Crippen LogP contribution in [0.4, 0.5) is 0 Å². The molecule has 3 aromatic heterocycles. The minimum absolute atomic E-state index is 0.0524. The maximum atomic E-state index is 12.6. The Morgan fingerprint density at radius 1 is 0.486 bits per heavy atom. The molecular formula is C65H65N3OS. The highest BCUT2D eigenvalue weighted by Crippen LogP contribution is 2.48. The first-order chi connectivity index (χ1) is 33.1. The number of pyridine rings is 1. The van der Waals surface area contributed by atoms with Crippen molar-refractivity contribution in [3.05, 3.63) is 179 Å². The van der Waals surface area contributed by atoms with Gasteiger partial charge in [-0.2, -0.15) is 0 Å². The van der Waals surface area contributed by atoms with Gasteiger partial charge in [-0.15, -0.1) is 11.3 Å². The number of fused-ring (bicyclic) bond motifs is 3. The molecule has 5 heteroatoms. The monoisotopic (exact) mass is 935 g/mol. The minimum atomic E-state index is -0.331. The molecule has 10 aromatic rings. The lowest BCUT2D eigenvalue weighted by Gasteiger charge is -2.27. The van der Waals surface area contributed by atoms with Gasteiger partial charge in [0.2, 0.25) is 0 Å². The number of aryl methyl sites for hydroxylation is 1. The van der Waals surface area contributed by atoms with E-state index in [1.807, 2.05) is 11.3 Å². The standard InChI is InChI=1S/C65H65N3OS/c1-39-32-44(62(2,3)4)30-31-46(39)56-36-43-35-53(66-57(60(43)70-56)42-33-41-24-17-18-25-47(41)51(34-42)64(8,9)10)49-27-21-29-55-58(49)67-61(50-37-45(63(5,6)7)38-52(59(50)69)65(11,12)13)68(55)54-28-20-19-26-48(54)40-22-15-14-16-23-40/h14-38,69H,1-13H3. The molecule has 0 spiro atoms. The first-order valence-corrected chi connectivity index (χ1v) is 25.5. The number of phenolic OH excluding ortho intramolecular Hbond substituents is 1. The van der Waals surface area contributed by atoms with Crippen LogP contribution in [0.15, 0.2) is 152 Å². The summed E-state index contributed by atoms with van der Waals surface area (Å²) in [6.45, 7) is 29.2. The highest BCUT2D eigenvalue weighted by Gasteiger charge is 2.30. The Kier molecular flexibility index (Phi) is 11.4. The molecule has 0 aliphatic heterocycles. The molecule has 10 rings (SSSR count). The molecule has 3 heterocycles. The van der Waals surface area contributed by atoms with Gasteiger partial charge in [0, 0.05) is 27.1 Å². The largest absolute Gasteiger partial charge is 0.507 e. The van der Waals surface area contributed by atoms with Crippen molar-refractivity contribution < 1.29 is 5.11 Å². The number of hydrogen-bond acceptors (Lipinski definition) is 4. The Bertz CT molecular complexity index is 3650. The van der Waals surface area contributed by atoms with Crippen LogP contribution in [0.25, 0.3) is 93.0 Å². The van der Waals surface area contributed by atoms with E-state index in [1.54, 1.807) is 0 Å². The summed E-state index contributed by atoms with van der Waals surface area (Å²) in [6, 6.07) is 54.9. The first-order valence-electron chi connectivity index (χ1n) is 24.7. The third-order valence-electron chi connectivity index (χ3n) is 14.0. The molecule has 0 saturated carbocycles. The smallest absolute Gasteiger partial charge is 0.149 e. The number of imidazole rings is 1. The molecule has 0 atom stereocenters. The average molecular weight is 936 g/mol. The van der Waals surface area contributed by atoms with E-state index in [1.165, 1.54) is 37.9 Å². The topological polar surface area (TPSA) is 50.9 Å². The summed E-state index contributed by atoms with van der Waals surface area (Å²) in [5.41, 5.74) is 16.0. The number of aromatic hydroxyl groups is 1. The van der Waals surface area contributed by atoms with Gasteiger partial charge in [0.25, 0.3) is 0 Å². The summed E-state index contributed by atoms with van der Waals surface area (Å²) >= 11 is 1.82. The normalized spacial score (nSPS) is 12.7. The molecule has 7 aromatic carbocycles. The van der Waals surface area contributed by atoms with E-state index in [9.17, 15) is 5.11 Å². The zero-order valence-electron chi connectivity index (χ0n) is 43.1. The van der Waals surface area contributed by atoms with E-state index < -0.39 is 0 Å². The summed E-state index contributed by atoms with van der Waals surface area (Å²) in [5.74, 6) is 0.929. The van der Waals surface area contributed by atoms with Crippen molar-refractivity contribution in [2.45, 2.75) is 112 Å². The Morgan fingerprint density at radius 3 is 1.86 bits per heavy atom. The number of nitrogens with zero attached hydrogens (tertiary/aromatic N) is 3. The van der Waals surface area contributed by atoms with Crippen molar-refractivity contribution >= 4 is 43.2 Å². The van der Waals surface area contributed by atoms with Crippen LogP contribution in [-0.4, -0.2) is 19.6 Å². The molecule has 0 aliphatic rings. The van der Waals surface area contributed by atoms with Crippen LogP contribution in [0.5, 0.6) is 5.75 Å². The van der Waals surface area contributed by atoms with Crippen LogP contribution >= 0.6 is 11.3 Å². The fraction of sp³-hybridized carbons (Fsp3) is 0.262. The van der Waals surface area contributed by atoms with E-state index >= 15 is 0 Å². The van der Waals surface area contributed by atoms with Crippen molar-refractivity contribution in [1.82, 2.24) is 14.5 Å². The molecular weight excluding hydrogens is 871 g/mol. The Morgan fingerprint density at radius 2 is 1.16 bits per heavy atom. The number of thiophene rings is 1. The van der Waals surface area contributed by atoms with Gasteiger partial charge in [-0.1, -0.05) is 192 Å². The van der Waals surface area contributed by atoms with Gasteiger partial charge in [-0.05, 0) is 121 Å². The summed E-state index contributed by atoms with van der Waals surface area (Å²) in [5, 5.41) is 16.2. The molecule has 4 nitrogen and oxygen atoms in total. The predicted molar refractivity (Wildman–Crippen MR) is 300 cm³/mol. The zero-order valence-corrected chi connectivity index (χ0v) is 43.9.